The Morgan fingerprint density at radius 2 is 0.567 bits per heavy atom. The van der Waals surface area contributed by atoms with Gasteiger partial charge in [-0.2, -0.15) is 0 Å². The fourth-order valence-corrected chi connectivity index (χ4v) is 12.1. The van der Waals surface area contributed by atoms with Crippen LogP contribution in [-0.4, -0.2) is 49.3 Å². The van der Waals surface area contributed by atoms with Crippen molar-refractivity contribution in [1.29, 1.82) is 0 Å². The predicted octanol–water partition coefficient (Wildman–Crippen LogP) is 27.3. The third-order valence-corrected chi connectivity index (χ3v) is 18.2. The molecule has 0 radical (unpaired) electrons. The smallest absolute Gasteiger partial charge is 0.462 e. The van der Waals surface area contributed by atoms with Crippen molar-refractivity contribution in [3.8, 4) is 0 Å². The lowest BCUT2D eigenvalue weighted by atomic mass is 10.0. The summed E-state index contributed by atoms with van der Waals surface area (Å²) in [5.41, 5.74) is 5.41. The van der Waals surface area contributed by atoms with Crippen LogP contribution in [0.3, 0.4) is 0 Å². The van der Waals surface area contributed by atoms with Crippen molar-refractivity contribution in [3.05, 3.63) is 146 Å². The number of hydrogen-bond donors (Lipinski definition) is 2. The molecular weight excluding hydrogens is 1220 g/mol. The van der Waals surface area contributed by atoms with Crippen molar-refractivity contribution in [2.75, 3.05) is 26.4 Å². The molecule has 2 unspecified atom stereocenters. The molecule has 9 nitrogen and oxygen atoms in total. The minimum Gasteiger partial charge on any atom is -0.462 e. The van der Waals surface area contributed by atoms with Gasteiger partial charge in [0.2, 0.25) is 0 Å². The summed E-state index contributed by atoms with van der Waals surface area (Å²) in [6.07, 6.45) is 117. The molecule has 97 heavy (non-hydrogen) atoms. The van der Waals surface area contributed by atoms with E-state index < -0.39 is 32.5 Å². The molecule has 0 aliphatic heterocycles. The maximum absolute atomic E-state index is 12.8. The van der Waals surface area contributed by atoms with E-state index in [0.29, 0.717) is 6.42 Å². The molecule has 0 bridgehead atoms. The van der Waals surface area contributed by atoms with Crippen LogP contribution in [0.25, 0.3) is 0 Å². The van der Waals surface area contributed by atoms with E-state index in [1.807, 2.05) is 0 Å². The highest BCUT2D eigenvalue weighted by Crippen LogP contribution is 2.43. The zero-order valence-electron chi connectivity index (χ0n) is 62.8. The minimum atomic E-state index is -4.42. The summed E-state index contributed by atoms with van der Waals surface area (Å²) in [6.45, 7) is 3.61. The first-order chi connectivity index (χ1) is 47.8. The van der Waals surface area contributed by atoms with Gasteiger partial charge in [-0.05, 0) is 103 Å². The number of phosphoric acid groups is 1. The SMILES string of the molecule is CC/C=C\C/C=C\C/C=C\C/C=C\C/C=C\C/C=C\C/C=C\C/C=C\C/C=C\C/C=C\C/C=C\C/C=C\CCCCC(=O)OC(COC(=O)CCCCCCCCCCCCCCCCCCCCCCCCCCCCCCCCCCCCCCC)COP(=O)(O)OCCN. The molecule has 0 aromatic heterocycles. The van der Waals surface area contributed by atoms with Crippen LogP contribution >= 0.6 is 7.82 Å². The summed E-state index contributed by atoms with van der Waals surface area (Å²) in [7, 11) is -4.42. The molecule has 10 heteroatoms. The van der Waals surface area contributed by atoms with Gasteiger partial charge in [0.1, 0.15) is 6.61 Å². The van der Waals surface area contributed by atoms with Crippen molar-refractivity contribution < 1.29 is 37.6 Å². The number of nitrogens with two attached hydrogens (primary N) is 1. The van der Waals surface area contributed by atoms with Crippen LogP contribution in [-0.2, 0) is 32.7 Å². The number of phosphoric ester groups is 1. The van der Waals surface area contributed by atoms with E-state index in [0.717, 1.165) is 109 Å². The van der Waals surface area contributed by atoms with Gasteiger partial charge < -0.3 is 20.1 Å². The first-order valence-corrected chi connectivity index (χ1v) is 41.8. The molecule has 2 atom stereocenters. The topological polar surface area (TPSA) is 134 Å². The number of allylic oxidation sites excluding steroid dienone is 24. The van der Waals surface area contributed by atoms with Crippen LogP contribution in [0.4, 0.5) is 0 Å². The second-order valence-electron chi connectivity index (χ2n) is 26.6. The molecule has 0 heterocycles. The van der Waals surface area contributed by atoms with Gasteiger partial charge in [0.15, 0.2) is 6.10 Å². The molecule has 0 spiro atoms. The number of ether oxygens (including phenoxy) is 2. The molecule has 0 aromatic carbocycles. The highest BCUT2D eigenvalue weighted by Gasteiger charge is 2.26. The molecule has 0 amide bonds. The molecular formula is C87H150NO8P. The number of unbranched alkanes of at least 4 members (excludes halogenated alkanes) is 38. The Labute approximate surface area is 598 Å². The van der Waals surface area contributed by atoms with Crippen LogP contribution in [0.15, 0.2) is 146 Å². The molecule has 0 saturated carbocycles. The van der Waals surface area contributed by atoms with Crippen LogP contribution < -0.4 is 5.73 Å². The van der Waals surface area contributed by atoms with Gasteiger partial charge in [0.05, 0.1) is 13.2 Å². The number of esters is 2. The second kappa shape index (κ2) is 80.9. The molecule has 0 fully saturated rings. The first kappa shape index (κ1) is 92.9. The molecule has 3 N–H and O–H groups in total. The Balaban J connectivity index is 3.92. The zero-order valence-corrected chi connectivity index (χ0v) is 63.7. The van der Waals surface area contributed by atoms with E-state index in [1.54, 1.807) is 0 Å². The molecule has 556 valence electrons. The number of carbonyl (C=O) groups excluding carboxylic acids is 2. The maximum atomic E-state index is 12.8. The number of rotatable bonds is 75. The van der Waals surface area contributed by atoms with Gasteiger partial charge in [-0.1, -0.05) is 391 Å². The third-order valence-electron chi connectivity index (χ3n) is 17.2. The lowest BCUT2D eigenvalue weighted by Crippen LogP contribution is -2.29. The summed E-state index contributed by atoms with van der Waals surface area (Å²) in [5.74, 6) is -0.875. The van der Waals surface area contributed by atoms with E-state index in [4.69, 9.17) is 24.3 Å². The number of carbonyl (C=O) groups is 2. The van der Waals surface area contributed by atoms with Gasteiger partial charge >= 0.3 is 19.8 Å². The standard InChI is InChI=1S/C87H150NO8P/c1-3-5-7-9-11-13-15-17-19-21-23-25-27-29-31-33-35-37-39-41-42-44-46-48-50-52-54-56-58-60-62-64-66-68-70-72-74-76-78-80-87(90)96-85(84-95-97(91,92)94-82-81-88)83-93-86(89)79-77-75-73-71-69-67-65-63-61-59-57-55-53-51-49-47-45-43-40-38-36-34-32-30-28-26-24-22-20-18-16-14-12-10-8-6-4-2/h5,7,11,13,17,19,23,25,29,31,35,37,41-42,46,48,52,54,58,60,64,66,70,72,85H,3-4,6,8-10,12,14-16,18,20-22,24,26-28,30,32-34,36,38-40,43-45,47,49-51,53,55-57,59,61-63,65,67-69,71,73-84,88H2,1-2H3,(H,91,92)/b7-5-,13-11-,19-17-,25-23-,31-29-,37-35-,42-41-,48-46-,54-52-,60-58-,66-64-,72-70-. The second-order valence-corrected chi connectivity index (χ2v) is 28.0. The van der Waals surface area contributed by atoms with E-state index in [1.165, 1.54) is 218 Å². The summed E-state index contributed by atoms with van der Waals surface area (Å²) in [5, 5.41) is 0. The Hall–Kier alpha value is -4.11. The summed E-state index contributed by atoms with van der Waals surface area (Å²) < 4.78 is 33.2. The Morgan fingerprint density at radius 3 is 0.845 bits per heavy atom. The van der Waals surface area contributed by atoms with Crippen LogP contribution in [0.5, 0.6) is 0 Å². The van der Waals surface area contributed by atoms with E-state index >= 15 is 0 Å². The zero-order chi connectivity index (χ0) is 70.0. The van der Waals surface area contributed by atoms with Gasteiger partial charge in [-0.25, -0.2) is 4.57 Å². The summed E-state index contributed by atoms with van der Waals surface area (Å²) in [6, 6.07) is 0. The van der Waals surface area contributed by atoms with Gasteiger partial charge in [-0.15, -0.1) is 0 Å². The highest BCUT2D eigenvalue weighted by atomic mass is 31.2. The van der Waals surface area contributed by atoms with Crippen molar-refractivity contribution in [2.45, 2.75) is 367 Å². The molecule has 0 saturated heterocycles. The summed E-state index contributed by atoms with van der Waals surface area (Å²) in [4.78, 5) is 35.4. The van der Waals surface area contributed by atoms with Gasteiger partial charge in [0, 0.05) is 19.4 Å². The highest BCUT2D eigenvalue weighted by molar-refractivity contribution is 7.47. The van der Waals surface area contributed by atoms with Crippen LogP contribution in [0.1, 0.15) is 361 Å². The van der Waals surface area contributed by atoms with Crippen molar-refractivity contribution in [2.24, 2.45) is 5.73 Å². The van der Waals surface area contributed by atoms with Crippen LogP contribution in [0.2, 0.25) is 0 Å². The van der Waals surface area contributed by atoms with Crippen molar-refractivity contribution in [3.63, 3.8) is 0 Å². The monoisotopic (exact) mass is 1370 g/mol. The maximum Gasteiger partial charge on any atom is 0.472 e. The van der Waals surface area contributed by atoms with E-state index in [2.05, 4.69) is 160 Å². The molecule has 0 rings (SSSR count). The fraction of sp³-hybridized carbons (Fsp3) is 0.701. The average Bonchev–Trinajstić information content (AvgIpc) is 2.88. The first-order valence-electron chi connectivity index (χ1n) is 40.3. The van der Waals surface area contributed by atoms with Crippen LogP contribution in [0, 0.1) is 0 Å². The fourth-order valence-electron chi connectivity index (χ4n) is 11.3. The normalized spacial score (nSPS) is 13.6. The van der Waals surface area contributed by atoms with E-state index in [-0.39, 0.29) is 32.6 Å². The molecule has 0 aliphatic carbocycles. The lowest BCUT2D eigenvalue weighted by Gasteiger charge is -2.19. The predicted molar refractivity (Wildman–Crippen MR) is 422 cm³/mol. The third kappa shape index (κ3) is 80.8. The Morgan fingerprint density at radius 1 is 0.320 bits per heavy atom. The minimum absolute atomic E-state index is 0.0403. The molecule has 0 aliphatic rings. The van der Waals surface area contributed by atoms with Crippen molar-refractivity contribution in [1.82, 2.24) is 0 Å². The van der Waals surface area contributed by atoms with Gasteiger partial charge in [0.25, 0.3) is 0 Å². The Kier molecular flexibility index (Phi) is 77.4. The molecule has 0 aromatic rings. The summed E-state index contributed by atoms with van der Waals surface area (Å²) >= 11 is 0. The lowest BCUT2D eigenvalue weighted by molar-refractivity contribution is -0.161. The quantitative estimate of drug-likeness (QED) is 0.0264. The largest absolute Gasteiger partial charge is 0.472 e. The van der Waals surface area contributed by atoms with Crippen molar-refractivity contribution >= 4 is 19.8 Å². The Bertz CT molecular complexity index is 2110. The van der Waals surface area contributed by atoms with E-state index in [9.17, 15) is 19.0 Å². The average molecular weight is 1370 g/mol. The number of hydrogen-bond acceptors (Lipinski definition) is 8. The van der Waals surface area contributed by atoms with Gasteiger partial charge in [-0.3, -0.25) is 18.6 Å².